The zero-order valence-electron chi connectivity index (χ0n) is 8.12. The van der Waals surface area contributed by atoms with Crippen molar-refractivity contribution in [3.8, 4) is 0 Å². The average Bonchev–Trinajstić information content (AvgIpc) is 2.16. The summed E-state index contributed by atoms with van der Waals surface area (Å²) in [6.07, 6.45) is -4.72. The van der Waals surface area contributed by atoms with Crippen LogP contribution >= 0.6 is 0 Å². The highest BCUT2D eigenvalue weighted by Crippen LogP contribution is 2.29. The van der Waals surface area contributed by atoms with Gasteiger partial charge in [0.1, 0.15) is 23.9 Å². The summed E-state index contributed by atoms with van der Waals surface area (Å²) < 4.78 is 9.78. The lowest BCUT2D eigenvalue weighted by atomic mass is 9.86. The molecule has 0 bridgehead atoms. The molecule has 6 nitrogen and oxygen atoms in total. The third kappa shape index (κ3) is 1.77. The second-order valence-corrected chi connectivity index (χ2v) is 3.58. The van der Waals surface area contributed by atoms with Crippen LogP contribution in [0.4, 0.5) is 0 Å². The van der Waals surface area contributed by atoms with E-state index in [1.807, 2.05) is 0 Å². The van der Waals surface area contributed by atoms with Gasteiger partial charge in [-0.3, -0.25) is 0 Å². The number of hydrogen-bond donors (Lipinski definition) is 4. The maximum atomic E-state index is 9.74. The summed E-state index contributed by atoms with van der Waals surface area (Å²) in [6, 6.07) is 0. The topological polar surface area (TPSA) is 99.4 Å². The molecule has 1 aliphatic rings. The molecule has 0 aromatic rings. The molecule has 1 saturated heterocycles. The van der Waals surface area contributed by atoms with Crippen molar-refractivity contribution in [2.24, 2.45) is 0 Å². The van der Waals surface area contributed by atoms with Gasteiger partial charge in [-0.05, 0) is 6.92 Å². The molecule has 0 aromatic heterocycles. The first kappa shape index (κ1) is 11.8. The lowest BCUT2D eigenvalue weighted by molar-refractivity contribution is -0.322. The molecule has 84 valence electrons. The summed E-state index contributed by atoms with van der Waals surface area (Å²) in [6.45, 7) is 0.809. The Balaban J connectivity index is 2.84. The van der Waals surface area contributed by atoms with Gasteiger partial charge in [-0.15, -0.1) is 0 Å². The number of aliphatic hydroxyl groups excluding tert-OH is 3. The van der Waals surface area contributed by atoms with E-state index in [2.05, 4.69) is 0 Å². The SMILES string of the molecule is CO[C@H]1O[C@H](CO)[C@H](O)[C@](C)(O)[C@@H]1O. The predicted octanol–water partition coefficient (Wildman–Crippen LogP) is -2.18. The number of methoxy groups -OCH3 is 1. The van der Waals surface area contributed by atoms with Gasteiger partial charge < -0.3 is 29.9 Å². The van der Waals surface area contributed by atoms with Crippen LogP contribution in [0.3, 0.4) is 0 Å². The molecular formula is C8H16O6. The van der Waals surface area contributed by atoms with Gasteiger partial charge in [0.25, 0.3) is 0 Å². The van der Waals surface area contributed by atoms with Crippen LogP contribution in [-0.2, 0) is 9.47 Å². The van der Waals surface area contributed by atoms with E-state index in [1.165, 1.54) is 14.0 Å². The Morgan fingerprint density at radius 2 is 1.93 bits per heavy atom. The number of aliphatic hydroxyl groups is 4. The monoisotopic (exact) mass is 208 g/mol. The van der Waals surface area contributed by atoms with E-state index >= 15 is 0 Å². The predicted molar refractivity (Wildman–Crippen MR) is 45.4 cm³/mol. The van der Waals surface area contributed by atoms with E-state index in [1.54, 1.807) is 0 Å². The van der Waals surface area contributed by atoms with Gasteiger partial charge in [0, 0.05) is 7.11 Å². The molecule has 6 heteroatoms. The van der Waals surface area contributed by atoms with E-state index in [9.17, 15) is 15.3 Å². The summed E-state index contributed by atoms with van der Waals surface area (Å²) in [5.74, 6) is 0. The minimum Gasteiger partial charge on any atom is -0.394 e. The third-order valence-electron chi connectivity index (χ3n) is 2.53. The zero-order valence-corrected chi connectivity index (χ0v) is 8.12. The van der Waals surface area contributed by atoms with Gasteiger partial charge in [0.05, 0.1) is 6.61 Å². The van der Waals surface area contributed by atoms with Crippen LogP contribution in [0.25, 0.3) is 0 Å². The summed E-state index contributed by atoms with van der Waals surface area (Å²) in [7, 11) is 1.30. The Hall–Kier alpha value is -0.240. The molecule has 0 saturated carbocycles. The van der Waals surface area contributed by atoms with Crippen molar-refractivity contribution in [3.63, 3.8) is 0 Å². The molecule has 4 N–H and O–H groups in total. The van der Waals surface area contributed by atoms with Crippen molar-refractivity contribution in [3.05, 3.63) is 0 Å². The van der Waals surface area contributed by atoms with Crippen LogP contribution in [0.5, 0.6) is 0 Å². The molecule has 0 radical (unpaired) electrons. The highest BCUT2D eigenvalue weighted by atomic mass is 16.7. The molecule has 0 amide bonds. The number of rotatable bonds is 2. The molecular weight excluding hydrogens is 192 g/mol. The molecule has 0 unspecified atom stereocenters. The molecule has 1 rings (SSSR count). The Kier molecular flexibility index (Phi) is 3.46. The van der Waals surface area contributed by atoms with Crippen molar-refractivity contribution < 1.29 is 29.9 Å². The van der Waals surface area contributed by atoms with Gasteiger partial charge in [0.2, 0.25) is 0 Å². The molecule has 1 fully saturated rings. The summed E-state index contributed by atoms with van der Waals surface area (Å²) >= 11 is 0. The van der Waals surface area contributed by atoms with Crippen LogP contribution in [0.1, 0.15) is 6.92 Å². The van der Waals surface area contributed by atoms with E-state index in [0.717, 1.165) is 0 Å². The van der Waals surface area contributed by atoms with Crippen molar-refractivity contribution in [1.82, 2.24) is 0 Å². The van der Waals surface area contributed by atoms with E-state index in [0.29, 0.717) is 0 Å². The van der Waals surface area contributed by atoms with Crippen LogP contribution < -0.4 is 0 Å². The number of ether oxygens (including phenoxy) is 2. The van der Waals surface area contributed by atoms with Crippen molar-refractivity contribution >= 4 is 0 Å². The van der Waals surface area contributed by atoms with Gasteiger partial charge in [-0.25, -0.2) is 0 Å². The van der Waals surface area contributed by atoms with Crippen LogP contribution in [0.15, 0.2) is 0 Å². The molecule has 5 atom stereocenters. The minimum atomic E-state index is -1.76. The fourth-order valence-electron chi connectivity index (χ4n) is 1.48. The third-order valence-corrected chi connectivity index (χ3v) is 2.53. The minimum absolute atomic E-state index is 0.454. The fourth-order valence-corrected chi connectivity index (χ4v) is 1.48. The van der Waals surface area contributed by atoms with Gasteiger partial charge in [0.15, 0.2) is 6.29 Å². The largest absolute Gasteiger partial charge is 0.394 e. The summed E-state index contributed by atoms with van der Waals surface area (Å²) in [5.41, 5.74) is -1.76. The highest BCUT2D eigenvalue weighted by molar-refractivity contribution is 4.98. The first-order valence-electron chi connectivity index (χ1n) is 4.32. The summed E-state index contributed by atoms with van der Waals surface area (Å²) in [4.78, 5) is 0. The Morgan fingerprint density at radius 1 is 1.36 bits per heavy atom. The van der Waals surface area contributed by atoms with Crippen molar-refractivity contribution in [2.75, 3.05) is 13.7 Å². The Morgan fingerprint density at radius 3 is 2.36 bits per heavy atom. The van der Waals surface area contributed by atoms with Crippen molar-refractivity contribution in [2.45, 2.75) is 37.1 Å². The highest BCUT2D eigenvalue weighted by Gasteiger charge is 2.52. The second kappa shape index (κ2) is 4.09. The normalized spacial score (nSPS) is 49.3. The quantitative estimate of drug-likeness (QED) is 0.412. The van der Waals surface area contributed by atoms with Gasteiger partial charge in [-0.1, -0.05) is 0 Å². The lowest BCUT2D eigenvalue weighted by Crippen LogP contribution is -2.65. The average molecular weight is 208 g/mol. The zero-order chi connectivity index (χ0) is 10.9. The maximum Gasteiger partial charge on any atom is 0.186 e. The lowest BCUT2D eigenvalue weighted by Gasteiger charge is -2.45. The van der Waals surface area contributed by atoms with E-state index < -0.39 is 36.8 Å². The molecule has 0 spiro atoms. The Labute approximate surface area is 81.7 Å². The molecule has 1 heterocycles. The molecule has 0 aliphatic carbocycles. The van der Waals surface area contributed by atoms with Crippen molar-refractivity contribution in [1.29, 1.82) is 0 Å². The van der Waals surface area contributed by atoms with E-state index in [4.69, 9.17) is 14.6 Å². The van der Waals surface area contributed by atoms with Crippen LogP contribution in [0, 0.1) is 0 Å². The fraction of sp³-hybridized carbons (Fsp3) is 1.00. The molecule has 1 aliphatic heterocycles. The van der Waals surface area contributed by atoms with E-state index in [-0.39, 0.29) is 0 Å². The second-order valence-electron chi connectivity index (χ2n) is 3.58. The summed E-state index contributed by atoms with van der Waals surface area (Å²) in [5, 5.41) is 37.7. The maximum absolute atomic E-state index is 9.74. The number of hydrogen-bond acceptors (Lipinski definition) is 6. The smallest absolute Gasteiger partial charge is 0.186 e. The van der Waals surface area contributed by atoms with Crippen LogP contribution in [0.2, 0.25) is 0 Å². The van der Waals surface area contributed by atoms with Gasteiger partial charge in [-0.2, -0.15) is 0 Å². The standard InChI is InChI=1S/C8H16O6/c1-8(12)5(10)4(3-9)14-7(13-2)6(8)11/h4-7,9-12H,3H2,1-2H3/t4-,5+,6-,7+,8+/m1/s1. The van der Waals surface area contributed by atoms with Gasteiger partial charge >= 0.3 is 0 Å². The first-order valence-corrected chi connectivity index (χ1v) is 4.32. The van der Waals surface area contributed by atoms with Crippen LogP contribution in [-0.4, -0.2) is 64.3 Å². The molecule has 14 heavy (non-hydrogen) atoms. The Bertz CT molecular complexity index is 176. The molecule has 0 aromatic carbocycles. The first-order chi connectivity index (χ1) is 6.45.